The summed E-state index contributed by atoms with van der Waals surface area (Å²) >= 11 is 0. The minimum absolute atomic E-state index is 0.0132. The number of amides is 2. The lowest BCUT2D eigenvalue weighted by atomic mass is 9.86. The van der Waals surface area contributed by atoms with Gasteiger partial charge in [0.1, 0.15) is 0 Å². The van der Waals surface area contributed by atoms with E-state index in [1.807, 2.05) is 43.3 Å². The predicted molar refractivity (Wildman–Crippen MR) is 97.6 cm³/mol. The third kappa shape index (κ3) is 5.35. The monoisotopic (exact) mass is 340 g/mol. The Balaban J connectivity index is 2.15. The van der Waals surface area contributed by atoms with Gasteiger partial charge in [0, 0.05) is 25.6 Å². The van der Waals surface area contributed by atoms with Crippen molar-refractivity contribution in [2.24, 2.45) is 0 Å². The van der Waals surface area contributed by atoms with E-state index in [1.54, 1.807) is 7.05 Å². The largest absolute Gasteiger partial charge is 0.481 e. The first-order valence-corrected chi connectivity index (χ1v) is 8.32. The van der Waals surface area contributed by atoms with Gasteiger partial charge in [0.05, 0.1) is 6.42 Å². The van der Waals surface area contributed by atoms with Gasteiger partial charge in [-0.1, -0.05) is 60.7 Å². The maximum atomic E-state index is 12.4. The summed E-state index contributed by atoms with van der Waals surface area (Å²) < 4.78 is 0. The lowest BCUT2D eigenvalue weighted by Crippen LogP contribution is -2.45. The van der Waals surface area contributed by atoms with Gasteiger partial charge in [-0.05, 0) is 18.1 Å². The van der Waals surface area contributed by atoms with E-state index in [-0.39, 0.29) is 31.0 Å². The van der Waals surface area contributed by atoms with Crippen molar-refractivity contribution in [2.75, 3.05) is 13.6 Å². The first-order valence-electron chi connectivity index (χ1n) is 8.32. The Labute approximate surface area is 148 Å². The molecule has 0 spiro atoms. The highest BCUT2D eigenvalue weighted by Gasteiger charge is 2.23. The van der Waals surface area contributed by atoms with Crippen molar-refractivity contribution in [1.82, 2.24) is 10.2 Å². The minimum atomic E-state index is -0.917. The fourth-order valence-corrected chi connectivity index (χ4v) is 2.84. The van der Waals surface area contributed by atoms with E-state index in [0.717, 1.165) is 11.1 Å². The number of hydrogen-bond donors (Lipinski definition) is 2. The van der Waals surface area contributed by atoms with E-state index in [4.69, 9.17) is 5.11 Å². The van der Waals surface area contributed by atoms with Crippen molar-refractivity contribution in [3.05, 3.63) is 71.8 Å². The molecular weight excluding hydrogens is 316 g/mol. The summed E-state index contributed by atoms with van der Waals surface area (Å²) in [7, 11) is 1.60. The molecule has 5 nitrogen and oxygen atoms in total. The lowest BCUT2D eigenvalue weighted by Gasteiger charge is -2.28. The van der Waals surface area contributed by atoms with E-state index >= 15 is 0 Å². The third-order valence-corrected chi connectivity index (χ3v) is 4.18. The van der Waals surface area contributed by atoms with E-state index in [1.165, 1.54) is 4.90 Å². The molecule has 5 heteroatoms. The molecule has 25 heavy (non-hydrogen) atoms. The van der Waals surface area contributed by atoms with Crippen molar-refractivity contribution < 1.29 is 14.7 Å². The summed E-state index contributed by atoms with van der Waals surface area (Å²) in [6, 6.07) is 19.7. The maximum Gasteiger partial charge on any atom is 0.317 e. The number of carboxylic acid groups (broad SMARTS) is 1. The molecule has 2 N–H and O–H groups in total. The van der Waals surface area contributed by atoms with Crippen molar-refractivity contribution >= 4 is 12.0 Å². The first kappa shape index (κ1) is 18.5. The van der Waals surface area contributed by atoms with Gasteiger partial charge in [-0.2, -0.15) is 0 Å². The summed E-state index contributed by atoms with van der Waals surface area (Å²) in [6.07, 6.45) is -0.0703. The summed E-state index contributed by atoms with van der Waals surface area (Å²) in [5.74, 6) is -0.904. The highest BCUT2D eigenvalue weighted by atomic mass is 16.4. The highest BCUT2D eigenvalue weighted by molar-refractivity contribution is 5.75. The van der Waals surface area contributed by atoms with Crippen LogP contribution in [-0.4, -0.2) is 41.6 Å². The van der Waals surface area contributed by atoms with Gasteiger partial charge in [-0.15, -0.1) is 0 Å². The van der Waals surface area contributed by atoms with E-state index in [9.17, 15) is 9.59 Å². The van der Waals surface area contributed by atoms with Crippen LogP contribution in [0, 0.1) is 0 Å². The van der Waals surface area contributed by atoms with Gasteiger partial charge in [-0.25, -0.2) is 4.79 Å². The quantitative estimate of drug-likeness (QED) is 0.812. The summed E-state index contributed by atoms with van der Waals surface area (Å²) in [4.78, 5) is 24.4. The van der Waals surface area contributed by atoms with E-state index < -0.39 is 5.97 Å². The Kier molecular flexibility index (Phi) is 6.57. The number of hydrogen-bond acceptors (Lipinski definition) is 2. The molecule has 0 heterocycles. The summed E-state index contributed by atoms with van der Waals surface area (Å²) in [5.41, 5.74) is 2.24. The smallest absolute Gasteiger partial charge is 0.317 e. The van der Waals surface area contributed by atoms with Crippen LogP contribution in [0.1, 0.15) is 30.4 Å². The molecule has 2 aromatic rings. The second kappa shape index (κ2) is 8.87. The average molecular weight is 340 g/mol. The van der Waals surface area contributed by atoms with Crippen LogP contribution in [0.3, 0.4) is 0 Å². The van der Waals surface area contributed by atoms with Crippen molar-refractivity contribution in [2.45, 2.75) is 25.3 Å². The molecule has 0 aromatic heterocycles. The predicted octanol–water partition coefficient (Wildman–Crippen LogP) is 3.32. The standard InChI is InChI=1S/C20H24N2O3/c1-15(21-20(25)22(2)14-13-18(23)24)19(16-9-5-3-6-10-16)17-11-7-4-8-12-17/h3-12,15,19H,13-14H2,1-2H3,(H,21,25)(H,23,24). The Bertz CT molecular complexity index is 649. The van der Waals surface area contributed by atoms with Crippen LogP contribution in [0.4, 0.5) is 4.79 Å². The normalized spacial score (nSPS) is 11.8. The Morgan fingerprint density at radius 3 is 1.92 bits per heavy atom. The SMILES string of the molecule is CC(NC(=O)N(C)CCC(=O)O)C(c1ccccc1)c1ccccc1. The van der Waals surface area contributed by atoms with Gasteiger partial charge >= 0.3 is 12.0 Å². The zero-order chi connectivity index (χ0) is 18.2. The fraction of sp³-hybridized carbons (Fsp3) is 0.300. The number of urea groups is 1. The molecule has 1 atom stereocenters. The van der Waals surface area contributed by atoms with E-state index in [0.29, 0.717) is 0 Å². The maximum absolute atomic E-state index is 12.4. The van der Waals surface area contributed by atoms with Crippen LogP contribution in [0.2, 0.25) is 0 Å². The van der Waals surface area contributed by atoms with E-state index in [2.05, 4.69) is 29.6 Å². The molecule has 0 aliphatic rings. The number of benzene rings is 2. The average Bonchev–Trinajstić information content (AvgIpc) is 2.61. The van der Waals surface area contributed by atoms with Gasteiger partial charge in [0.25, 0.3) is 0 Å². The number of carboxylic acids is 1. The van der Waals surface area contributed by atoms with Gasteiger partial charge in [0.2, 0.25) is 0 Å². The molecule has 2 amide bonds. The molecule has 0 aliphatic heterocycles. The van der Waals surface area contributed by atoms with Crippen LogP contribution in [-0.2, 0) is 4.79 Å². The second-order valence-electron chi connectivity index (χ2n) is 6.10. The first-order chi connectivity index (χ1) is 12.0. The molecule has 0 fully saturated rings. The zero-order valence-electron chi connectivity index (χ0n) is 14.6. The third-order valence-electron chi connectivity index (χ3n) is 4.18. The molecule has 132 valence electrons. The van der Waals surface area contributed by atoms with Crippen molar-refractivity contribution in [1.29, 1.82) is 0 Å². The molecule has 1 unspecified atom stereocenters. The second-order valence-corrected chi connectivity index (χ2v) is 6.10. The number of nitrogens with zero attached hydrogens (tertiary/aromatic N) is 1. The number of rotatable bonds is 7. The van der Waals surface area contributed by atoms with Crippen LogP contribution >= 0.6 is 0 Å². The number of carbonyl (C=O) groups excluding carboxylic acids is 1. The summed E-state index contributed by atoms with van der Waals surface area (Å²) in [6.45, 7) is 2.14. The topological polar surface area (TPSA) is 69.6 Å². The van der Waals surface area contributed by atoms with Gasteiger partial charge in [-0.3, -0.25) is 4.79 Å². The zero-order valence-corrected chi connectivity index (χ0v) is 14.6. The molecule has 2 rings (SSSR count). The van der Waals surface area contributed by atoms with Crippen molar-refractivity contribution in [3.63, 3.8) is 0 Å². The Hall–Kier alpha value is -2.82. The van der Waals surface area contributed by atoms with Crippen LogP contribution in [0.5, 0.6) is 0 Å². The lowest BCUT2D eigenvalue weighted by molar-refractivity contribution is -0.137. The molecule has 2 aromatic carbocycles. The van der Waals surface area contributed by atoms with Gasteiger partial charge in [0.15, 0.2) is 0 Å². The summed E-state index contributed by atoms with van der Waals surface area (Å²) in [5, 5.41) is 11.7. The number of aliphatic carboxylic acids is 1. The molecule has 0 saturated carbocycles. The number of carbonyl (C=O) groups is 2. The van der Waals surface area contributed by atoms with Crippen LogP contribution in [0.25, 0.3) is 0 Å². The molecule has 0 radical (unpaired) electrons. The number of nitrogens with one attached hydrogen (secondary N) is 1. The highest BCUT2D eigenvalue weighted by Crippen LogP contribution is 2.28. The minimum Gasteiger partial charge on any atom is -0.481 e. The van der Waals surface area contributed by atoms with Crippen molar-refractivity contribution in [3.8, 4) is 0 Å². The van der Waals surface area contributed by atoms with Crippen LogP contribution < -0.4 is 5.32 Å². The Morgan fingerprint density at radius 2 is 1.48 bits per heavy atom. The molecule has 0 bridgehead atoms. The molecule has 0 aliphatic carbocycles. The molecule has 0 saturated heterocycles. The fourth-order valence-electron chi connectivity index (χ4n) is 2.84. The van der Waals surface area contributed by atoms with Gasteiger partial charge < -0.3 is 15.3 Å². The molecular formula is C20H24N2O3. The Morgan fingerprint density at radius 1 is 1.00 bits per heavy atom. The van der Waals surface area contributed by atoms with Crippen LogP contribution in [0.15, 0.2) is 60.7 Å².